The Morgan fingerprint density at radius 1 is 1.07 bits per heavy atom. The van der Waals surface area contributed by atoms with E-state index in [2.05, 4.69) is 26.0 Å². The zero-order valence-corrected chi connectivity index (χ0v) is 10.0. The molecule has 0 heteroatoms. The molecule has 0 bridgehead atoms. The van der Waals surface area contributed by atoms with Crippen molar-refractivity contribution >= 4 is 0 Å². The van der Waals surface area contributed by atoms with E-state index in [1.807, 2.05) is 0 Å². The van der Waals surface area contributed by atoms with Gasteiger partial charge < -0.3 is 0 Å². The van der Waals surface area contributed by atoms with Gasteiger partial charge in [-0.05, 0) is 37.5 Å². The summed E-state index contributed by atoms with van der Waals surface area (Å²) in [6.07, 6.45) is 17.5. The largest absolute Gasteiger partial charge is 0.0880 e. The van der Waals surface area contributed by atoms with Gasteiger partial charge >= 0.3 is 0 Å². The molecular formula is C14H26. The molecule has 0 unspecified atom stereocenters. The molecule has 1 aliphatic rings. The lowest BCUT2D eigenvalue weighted by molar-refractivity contribution is 0.264. The first kappa shape index (κ1) is 11.8. The summed E-state index contributed by atoms with van der Waals surface area (Å²) in [6, 6.07) is 0. The zero-order valence-electron chi connectivity index (χ0n) is 10.0. The minimum Gasteiger partial charge on any atom is -0.0880 e. The Hall–Kier alpha value is -0.260. The van der Waals surface area contributed by atoms with Crippen LogP contribution in [0.1, 0.15) is 71.6 Å². The normalized spacial score (nSPS) is 19.9. The van der Waals surface area contributed by atoms with Gasteiger partial charge in [-0.15, -0.1) is 0 Å². The molecule has 0 radical (unpaired) electrons. The molecule has 0 amide bonds. The molecule has 0 spiro atoms. The molecule has 0 aromatic heterocycles. The number of hydrogen-bond donors (Lipinski definition) is 0. The molecule has 0 aliphatic heterocycles. The van der Waals surface area contributed by atoms with E-state index in [4.69, 9.17) is 0 Å². The third-order valence-electron chi connectivity index (χ3n) is 3.57. The van der Waals surface area contributed by atoms with Gasteiger partial charge in [-0.1, -0.05) is 51.7 Å². The summed E-state index contributed by atoms with van der Waals surface area (Å²) in [5, 5.41) is 0. The van der Waals surface area contributed by atoms with Crippen LogP contribution in [0.15, 0.2) is 12.2 Å². The highest BCUT2D eigenvalue weighted by molar-refractivity contribution is 5.03. The summed E-state index contributed by atoms with van der Waals surface area (Å²) < 4.78 is 0. The summed E-state index contributed by atoms with van der Waals surface area (Å²) >= 11 is 0. The summed E-state index contributed by atoms with van der Waals surface area (Å²) in [5.74, 6) is 0. The Morgan fingerprint density at radius 2 is 1.71 bits per heavy atom. The van der Waals surface area contributed by atoms with Gasteiger partial charge in [-0.25, -0.2) is 0 Å². The SMILES string of the molecule is CCCCC1(CCCC)C=CCCC1. The average Bonchev–Trinajstić information content (AvgIpc) is 2.25. The highest BCUT2D eigenvalue weighted by Gasteiger charge is 2.26. The van der Waals surface area contributed by atoms with E-state index < -0.39 is 0 Å². The van der Waals surface area contributed by atoms with Gasteiger partial charge in [-0.3, -0.25) is 0 Å². The third-order valence-corrected chi connectivity index (χ3v) is 3.57. The first-order valence-corrected chi connectivity index (χ1v) is 6.51. The first-order valence-electron chi connectivity index (χ1n) is 6.51. The molecule has 14 heavy (non-hydrogen) atoms. The monoisotopic (exact) mass is 194 g/mol. The Labute approximate surface area is 89.8 Å². The molecule has 0 heterocycles. The smallest absolute Gasteiger partial charge is 0.0118 e. The molecule has 1 aliphatic carbocycles. The van der Waals surface area contributed by atoms with Crippen molar-refractivity contribution in [2.45, 2.75) is 71.6 Å². The van der Waals surface area contributed by atoms with Gasteiger partial charge in [0.2, 0.25) is 0 Å². The van der Waals surface area contributed by atoms with Gasteiger partial charge in [0.05, 0.1) is 0 Å². The second kappa shape index (κ2) is 6.27. The Kier molecular flexibility index (Phi) is 5.29. The van der Waals surface area contributed by atoms with E-state index in [9.17, 15) is 0 Å². The highest BCUT2D eigenvalue weighted by Crippen LogP contribution is 2.40. The third kappa shape index (κ3) is 3.48. The van der Waals surface area contributed by atoms with Gasteiger partial charge in [0, 0.05) is 0 Å². The Bertz CT molecular complexity index is 159. The van der Waals surface area contributed by atoms with Crippen LogP contribution in [0.5, 0.6) is 0 Å². The van der Waals surface area contributed by atoms with Crippen molar-refractivity contribution in [3.05, 3.63) is 12.2 Å². The molecule has 0 aromatic rings. The summed E-state index contributed by atoms with van der Waals surface area (Å²) in [7, 11) is 0. The van der Waals surface area contributed by atoms with Crippen molar-refractivity contribution in [2.24, 2.45) is 5.41 Å². The fourth-order valence-electron chi connectivity index (χ4n) is 2.59. The van der Waals surface area contributed by atoms with Crippen LogP contribution in [-0.4, -0.2) is 0 Å². The minimum absolute atomic E-state index is 0.601. The predicted molar refractivity (Wildman–Crippen MR) is 64.5 cm³/mol. The van der Waals surface area contributed by atoms with Crippen molar-refractivity contribution in [1.29, 1.82) is 0 Å². The fourth-order valence-corrected chi connectivity index (χ4v) is 2.59. The van der Waals surface area contributed by atoms with Gasteiger partial charge in [0.15, 0.2) is 0 Å². The van der Waals surface area contributed by atoms with Crippen molar-refractivity contribution in [2.75, 3.05) is 0 Å². The number of unbranched alkanes of at least 4 members (excludes halogenated alkanes) is 2. The van der Waals surface area contributed by atoms with E-state index in [1.165, 1.54) is 57.8 Å². The molecule has 0 saturated carbocycles. The second-order valence-corrected chi connectivity index (χ2v) is 4.86. The minimum atomic E-state index is 0.601. The second-order valence-electron chi connectivity index (χ2n) is 4.86. The van der Waals surface area contributed by atoms with Crippen molar-refractivity contribution < 1.29 is 0 Å². The molecule has 1 rings (SSSR count). The summed E-state index contributed by atoms with van der Waals surface area (Å²) in [4.78, 5) is 0. The van der Waals surface area contributed by atoms with Crippen LogP contribution in [0.4, 0.5) is 0 Å². The van der Waals surface area contributed by atoms with E-state index in [0.717, 1.165) is 0 Å². The van der Waals surface area contributed by atoms with Crippen LogP contribution < -0.4 is 0 Å². The fraction of sp³-hybridized carbons (Fsp3) is 0.857. The van der Waals surface area contributed by atoms with Crippen LogP contribution in [0.3, 0.4) is 0 Å². The van der Waals surface area contributed by atoms with Gasteiger partial charge in [-0.2, -0.15) is 0 Å². The van der Waals surface area contributed by atoms with Gasteiger partial charge in [0.25, 0.3) is 0 Å². The molecular weight excluding hydrogens is 168 g/mol. The van der Waals surface area contributed by atoms with Gasteiger partial charge in [0.1, 0.15) is 0 Å². The van der Waals surface area contributed by atoms with E-state index >= 15 is 0 Å². The quantitative estimate of drug-likeness (QED) is 0.516. The molecule has 0 saturated heterocycles. The maximum Gasteiger partial charge on any atom is -0.0118 e. The number of rotatable bonds is 6. The average molecular weight is 194 g/mol. The molecule has 0 fully saturated rings. The van der Waals surface area contributed by atoms with Crippen LogP contribution in [0.2, 0.25) is 0 Å². The highest BCUT2D eigenvalue weighted by atomic mass is 14.3. The van der Waals surface area contributed by atoms with Crippen molar-refractivity contribution in [3.8, 4) is 0 Å². The maximum atomic E-state index is 2.54. The number of allylic oxidation sites excluding steroid dienone is 2. The molecule has 0 aromatic carbocycles. The van der Waals surface area contributed by atoms with Crippen LogP contribution >= 0.6 is 0 Å². The lowest BCUT2D eigenvalue weighted by Crippen LogP contribution is -2.20. The molecule has 0 N–H and O–H groups in total. The zero-order chi connectivity index (χ0) is 10.3. The van der Waals surface area contributed by atoms with E-state index in [-0.39, 0.29) is 0 Å². The molecule has 0 nitrogen and oxygen atoms in total. The summed E-state index contributed by atoms with van der Waals surface area (Å²) in [5.41, 5.74) is 0.601. The standard InChI is InChI=1S/C14H26/c1-3-5-10-14(11-6-4-2)12-8-7-9-13-14/h8,12H,3-7,9-11,13H2,1-2H3. The Morgan fingerprint density at radius 3 is 2.14 bits per heavy atom. The lowest BCUT2D eigenvalue weighted by atomic mass is 9.72. The number of hydrogen-bond acceptors (Lipinski definition) is 0. The Balaban J connectivity index is 2.48. The predicted octanol–water partition coefficient (Wildman–Crippen LogP) is 5.09. The van der Waals surface area contributed by atoms with Crippen molar-refractivity contribution in [1.82, 2.24) is 0 Å². The van der Waals surface area contributed by atoms with Crippen LogP contribution in [0.25, 0.3) is 0 Å². The molecule has 82 valence electrons. The van der Waals surface area contributed by atoms with Crippen LogP contribution in [-0.2, 0) is 0 Å². The lowest BCUT2D eigenvalue weighted by Gasteiger charge is -2.33. The summed E-state index contributed by atoms with van der Waals surface area (Å²) in [6.45, 7) is 4.61. The van der Waals surface area contributed by atoms with Crippen LogP contribution in [0, 0.1) is 5.41 Å². The topological polar surface area (TPSA) is 0 Å². The maximum absolute atomic E-state index is 2.54. The van der Waals surface area contributed by atoms with Crippen molar-refractivity contribution in [3.63, 3.8) is 0 Å². The van der Waals surface area contributed by atoms with E-state index in [0.29, 0.717) is 5.41 Å². The first-order chi connectivity index (χ1) is 6.83. The molecule has 0 atom stereocenters. The van der Waals surface area contributed by atoms with E-state index in [1.54, 1.807) is 0 Å².